The Kier molecular flexibility index (Phi) is 4.35. The Morgan fingerprint density at radius 1 is 0.727 bits per heavy atom. The Morgan fingerprint density at radius 3 is 1.95 bits per heavy atom. The number of anilines is 2. The summed E-state index contributed by atoms with van der Waals surface area (Å²) < 4.78 is 18.6. The SMILES string of the molecule is Fc1ccc(Nc2ccc(OCc3ccccc3)cc2)cc1. The maximum Gasteiger partial charge on any atom is 0.123 e. The second-order valence-corrected chi connectivity index (χ2v) is 4.93. The van der Waals surface area contributed by atoms with Gasteiger partial charge in [0.25, 0.3) is 0 Å². The monoisotopic (exact) mass is 293 g/mol. The highest BCUT2D eigenvalue weighted by atomic mass is 19.1. The van der Waals surface area contributed by atoms with Crippen molar-refractivity contribution < 1.29 is 9.13 Å². The molecule has 0 saturated carbocycles. The summed E-state index contributed by atoms with van der Waals surface area (Å²) in [5.41, 5.74) is 2.91. The molecule has 0 unspecified atom stereocenters. The maximum atomic E-state index is 12.9. The highest BCUT2D eigenvalue weighted by molar-refractivity contribution is 5.60. The van der Waals surface area contributed by atoms with Gasteiger partial charge in [0.05, 0.1) is 0 Å². The van der Waals surface area contributed by atoms with Gasteiger partial charge >= 0.3 is 0 Å². The van der Waals surface area contributed by atoms with Crippen LogP contribution in [0.25, 0.3) is 0 Å². The van der Waals surface area contributed by atoms with Crippen molar-refractivity contribution in [3.63, 3.8) is 0 Å². The third-order valence-electron chi connectivity index (χ3n) is 3.24. The largest absolute Gasteiger partial charge is 0.489 e. The van der Waals surface area contributed by atoms with Gasteiger partial charge in [-0.15, -0.1) is 0 Å². The average Bonchev–Trinajstić information content (AvgIpc) is 2.57. The second kappa shape index (κ2) is 6.76. The smallest absolute Gasteiger partial charge is 0.123 e. The molecule has 0 aliphatic rings. The molecule has 3 aromatic carbocycles. The van der Waals surface area contributed by atoms with E-state index in [2.05, 4.69) is 5.32 Å². The summed E-state index contributed by atoms with van der Waals surface area (Å²) in [4.78, 5) is 0. The Hall–Kier alpha value is -2.81. The first kappa shape index (κ1) is 14.1. The van der Waals surface area contributed by atoms with E-state index in [1.807, 2.05) is 54.6 Å². The molecule has 0 radical (unpaired) electrons. The predicted octanol–water partition coefficient (Wildman–Crippen LogP) is 5.15. The van der Waals surface area contributed by atoms with E-state index in [1.54, 1.807) is 12.1 Å². The van der Waals surface area contributed by atoms with Gasteiger partial charge in [-0.25, -0.2) is 4.39 Å². The Bertz CT molecular complexity index is 709. The molecule has 0 saturated heterocycles. The molecule has 22 heavy (non-hydrogen) atoms. The first-order valence-electron chi connectivity index (χ1n) is 7.09. The zero-order valence-electron chi connectivity index (χ0n) is 12.0. The lowest BCUT2D eigenvalue weighted by atomic mass is 10.2. The average molecular weight is 293 g/mol. The lowest BCUT2D eigenvalue weighted by Crippen LogP contribution is -1.95. The Morgan fingerprint density at radius 2 is 1.32 bits per heavy atom. The van der Waals surface area contributed by atoms with Gasteiger partial charge in [-0.3, -0.25) is 0 Å². The second-order valence-electron chi connectivity index (χ2n) is 4.93. The van der Waals surface area contributed by atoms with E-state index in [0.717, 1.165) is 22.7 Å². The van der Waals surface area contributed by atoms with E-state index in [-0.39, 0.29) is 5.82 Å². The van der Waals surface area contributed by atoms with Crippen molar-refractivity contribution in [2.45, 2.75) is 6.61 Å². The minimum Gasteiger partial charge on any atom is -0.489 e. The summed E-state index contributed by atoms with van der Waals surface area (Å²) in [6.07, 6.45) is 0. The molecule has 0 atom stereocenters. The van der Waals surface area contributed by atoms with Crippen LogP contribution in [-0.4, -0.2) is 0 Å². The molecule has 3 aromatic rings. The fourth-order valence-electron chi connectivity index (χ4n) is 2.08. The molecule has 0 aliphatic carbocycles. The molecular formula is C19H16FNO. The lowest BCUT2D eigenvalue weighted by molar-refractivity contribution is 0.306. The molecule has 0 heterocycles. The lowest BCUT2D eigenvalue weighted by Gasteiger charge is -2.09. The highest BCUT2D eigenvalue weighted by Gasteiger charge is 1.98. The van der Waals surface area contributed by atoms with Crippen molar-refractivity contribution in [1.82, 2.24) is 0 Å². The van der Waals surface area contributed by atoms with Crippen LogP contribution in [0.1, 0.15) is 5.56 Å². The van der Waals surface area contributed by atoms with Crippen LogP contribution in [0.3, 0.4) is 0 Å². The molecule has 0 aromatic heterocycles. The van der Waals surface area contributed by atoms with Gasteiger partial charge < -0.3 is 10.1 Å². The van der Waals surface area contributed by atoms with Crippen LogP contribution in [-0.2, 0) is 6.61 Å². The van der Waals surface area contributed by atoms with Crippen molar-refractivity contribution in [2.75, 3.05) is 5.32 Å². The van der Waals surface area contributed by atoms with Crippen LogP contribution in [0.2, 0.25) is 0 Å². The molecule has 0 aliphatic heterocycles. The van der Waals surface area contributed by atoms with Gasteiger partial charge in [-0.1, -0.05) is 30.3 Å². The summed E-state index contributed by atoms with van der Waals surface area (Å²) in [5, 5.41) is 3.21. The molecule has 2 nitrogen and oxygen atoms in total. The summed E-state index contributed by atoms with van der Waals surface area (Å²) in [7, 11) is 0. The third-order valence-corrected chi connectivity index (χ3v) is 3.24. The van der Waals surface area contributed by atoms with Crippen LogP contribution in [0.15, 0.2) is 78.9 Å². The van der Waals surface area contributed by atoms with Gasteiger partial charge in [-0.2, -0.15) is 0 Å². The van der Waals surface area contributed by atoms with Crippen molar-refractivity contribution in [2.24, 2.45) is 0 Å². The van der Waals surface area contributed by atoms with Gasteiger partial charge in [0.1, 0.15) is 18.2 Å². The van der Waals surface area contributed by atoms with Crippen molar-refractivity contribution in [3.8, 4) is 5.75 Å². The number of hydrogen-bond acceptors (Lipinski definition) is 2. The zero-order valence-corrected chi connectivity index (χ0v) is 12.0. The Balaban J connectivity index is 1.59. The van der Waals surface area contributed by atoms with E-state index in [4.69, 9.17) is 4.74 Å². The standard InChI is InChI=1S/C19H16FNO/c20-16-6-8-17(9-7-16)21-18-10-12-19(13-11-18)22-14-15-4-2-1-3-5-15/h1-13,21H,14H2. The van der Waals surface area contributed by atoms with Gasteiger partial charge in [0.2, 0.25) is 0 Å². The van der Waals surface area contributed by atoms with Crippen LogP contribution in [0.4, 0.5) is 15.8 Å². The molecular weight excluding hydrogens is 277 g/mol. The number of ether oxygens (including phenoxy) is 1. The number of rotatable bonds is 5. The molecule has 0 spiro atoms. The molecule has 3 heteroatoms. The van der Waals surface area contributed by atoms with Crippen LogP contribution >= 0.6 is 0 Å². The first-order valence-corrected chi connectivity index (χ1v) is 7.09. The fourth-order valence-corrected chi connectivity index (χ4v) is 2.08. The maximum absolute atomic E-state index is 12.9. The molecule has 110 valence electrons. The number of hydrogen-bond donors (Lipinski definition) is 1. The van der Waals surface area contributed by atoms with Crippen molar-refractivity contribution >= 4 is 11.4 Å². The van der Waals surface area contributed by atoms with Crippen LogP contribution in [0.5, 0.6) is 5.75 Å². The molecule has 3 rings (SSSR count). The van der Waals surface area contributed by atoms with E-state index < -0.39 is 0 Å². The van der Waals surface area contributed by atoms with Gasteiger partial charge in [-0.05, 0) is 54.1 Å². The molecule has 1 N–H and O–H groups in total. The first-order chi connectivity index (χ1) is 10.8. The highest BCUT2D eigenvalue weighted by Crippen LogP contribution is 2.21. The minimum atomic E-state index is -0.241. The van der Waals surface area contributed by atoms with E-state index in [9.17, 15) is 4.39 Å². The summed E-state index contributed by atoms with van der Waals surface area (Å²) in [6.45, 7) is 0.547. The van der Waals surface area contributed by atoms with Gasteiger partial charge in [0, 0.05) is 11.4 Å². The minimum absolute atomic E-state index is 0.241. The number of benzene rings is 3. The van der Waals surface area contributed by atoms with E-state index >= 15 is 0 Å². The molecule has 0 amide bonds. The van der Waals surface area contributed by atoms with Crippen LogP contribution in [0, 0.1) is 5.82 Å². The van der Waals surface area contributed by atoms with E-state index in [0.29, 0.717) is 6.61 Å². The Labute approximate surface area is 129 Å². The molecule has 0 bridgehead atoms. The van der Waals surface area contributed by atoms with Gasteiger partial charge in [0.15, 0.2) is 0 Å². The summed E-state index contributed by atoms with van der Waals surface area (Å²) >= 11 is 0. The number of nitrogens with one attached hydrogen (secondary N) is 1. The topological polar surface area (TPSA) is 21.3 Å². The predicted molar refractivity (Wildman–Crippen MR) is 86.9 cm³/mol. The number of halogens is 1. The van der Waals surface area contributed by atoms with Crippen molar-refractivity contribution in [3.05, 3.63) is 90.2 Å². The zero-order chi connectivity index (χ0) is 15.2. The summed E-state index contributed by atoms with van der Waals surface area (Å²) in [5.74, 6) is 0.573. The quantitative estimate of drug-likeness (QED) is 0.702. The van der Waals surface area contributed by atoms with E-state index in [1.165, 1.54) is 12.1 Å². The van der Waals surface area contributed by atoms with Crippen molar-refractivity contribution in [1.29, 1.82) is 0 Å². The summed E-state index contributed by atoms with van der Waals surface area (Å²) in [6, 6.07) is 24.0. The fraction of sp³-hybridized carbons (Fsp3) is 0.0526. The third kappa shape index (κ3) is 3.85. The normalized spacial score (nSPS) is 10.2. The molecule has 0 fully saturated rings. The van der Waals surface area contributed by atoms with Crippen LogP contribution < -0.4 is 10.1 Å².